The van der Waals surface area contributed by atoms with Crippen LogP contribution in [0.4, 0.5) is 0 Å². The number of pyridine rings is 1. The Balaban J connectivity index is 1.37. The highest BCUT2D eigenvalue weighted by Gasteiger charge is 2.32. The Morgan fingerprint density at radius 1 is 1.31 bits per heavy atom. The van der Waals surface area contributed by atoms with Gasteiger partial charge in [-0.15, -0.1) is 0 Å². The van der Waals surface area contributed by atoms with E-state index in [1.54, 1.807) is 12.4 Å². The highest BCUT2D eigenvalue weighted by atomic mass is 16.1. The van der Waals surface area contributed by atoms with Gasteiger partial charge in [-0.1, -0.05) is 18.9 Å². The van der Waals surface area contributed by atoms with Crippen molar-refractivity contribution in [3.63, 3.8) is 0 Å². The summed E-state index contributed by atoms with van der Waals surface area (Å²) in [4.78, 5) is 23.7. The lowest BCUT2D eigenvalue weighted by Gasteiger charge is -2.38. The van der Waals surface area contributed by atoms with Crippen molar-refractivity contribution in [2.24, 2.45) is 0 Å². The smallest absolute Gasteiger partial charge is 0.226 e. The van der Waals surface area contributed by atoms with Crippen LogP contribution in [0.5, 0.6) is 0 Å². The van der Waals surface area contributed by atoms with Crippen molar-refractivity contribution in [2.75, 3.05) is 6.54 Å². The molecule has 2 aromatic rings. The first-order chi connectivity index (χ1) is 12.7. The lowest BCUT2D eigenvalue weighted by atomic mass is 10.1. The van der Waals surface area contributed by atoms with Gasteiger partial charge in [0, 0.05) is 44.3 Å². The summed E-state index contributed by atoms with van der Waals surface area (Å²) >= 11 is 0. The van der Waals surface area contributed by atoms with Gasteiger partial charge in [-0.3, -0.25) is 14.7 Å². The van der Waals surface area contributed by atoms with Crippen LogP contribution in [0.1, 0.15) is 55.7 Å². The molecule has 3 heterocycles. The largest absolute Gasteiger partial charge is 0.352 e. The summed E-state index contributed by atoms with van der Waals surface area (Å²) in [5, 5.41) is 2.95. The van der Waals surface area contributed by atoms with Crippen LogP contribution in [0, 0.1) is 0 Å². The van der Waals surface area contributed by atoms with Crippen molar-refractivity contribution in [3.05, 3.63) is 47.8 Å². The maximum atomic E-state index is 12.3. The molecule has 1 saturated carbocycles. The first-order valence-electron chi connectivity index (χ1n) is 9.68. The van der Waals surface area contributed by atoms with Gasteiger partial charge in [0.2, 0.25) is 5.91 Å². The van der Waals surface area contributed by atoms with Crippen molar-refractivity contribution >= 4 is 5.91 Å². The molecular weight excluding hydrogens is 326 g/mol. The molecule has 2 aliphatic rings. The number of aromatic nitrogens is 3. The summed E-state index contributed by atoms with van der Waals surface area (Å²) in [6, 6.07) is 4.88. The number of hydrogen-bond acceptors (Lipinski definition) is 4. The molecule has 26 heavy (non-hydrogen) atoms. The number of hydrogen-bond donors (Lipinski definition) is 1. The van der Waals surface area contributed by atoms with E-state index in [0.29, 0.717) is 25.0 Å². The molecular formula is C20H27N5O. The lowest BCUT2D eigenvalue weighted by Crippen LogP contribution is -2.42. The third kappa shape index (κ3) is 3.65. The highest BCUT2D eigenvalue weighted by molar-refractivity contribution is 5.78. The van der Waals surface area contributed by atoms with E-state index < -0.39 is 0 Å². The molecule has 6 nitrogen and oxygen atoms in total. The highest BCUT2D eigenvalue weighted by Crippen LogP contribution is 2.33. The quantitative estimate of drug-likeness (QED) is 0.897. The second kappa shape index (κ2) is 7.58. The standard InChI is InChI=1S/C20H27N5O/c1-15-20-23-17(11-19(26)22-13-16-5-4-8-21-12-16)14-24(20)9-10-25(15)18-6-2-3-7-18/h4-5,8,12,14-15,18H,2-3,6-7,9-11,13H2,1H3,(H,22,26)/t15-/m0/s1. The van der Waals surface area contributed by atoms with Crippen LogP contribution in [0.25, 0.3) is 0 Å². The SMILES string of the molecule is C[C@H]1c2nc(CC(=O)NCc3cccnc3)cn2CCN1C1CCCC1. The van der Waals surface area contributed by atoms with E-state index in [1.165, 1.54) is 25.7 Å². The Kier molecular flexibility index (Phi) is 5.02. The Hall–Kier alpha value is -2.21. The molecule has 0 radical (unpaired) electrons. The molecule has 1 aliphatic heterocycles. The maximum absolute atomic E-state index is 12.3. The first kappa shape index (κ1) is 17.2. The number of fused-ring (bicyclic) bond motifs is 1. The van der Waals surface area contributed by atoms with E-state index in [1.807, 2.05) is 12.1 Å². The summed E-state index contributed by atoms with van der Waals surface area (Å²) < 4.78 is 2.24. The predicted octanol–water partition coefficient (Wildman–Crippen LogP) is 2.46. The van der Waals surface area contributed by atoms with Gasteiger partial charge in [0.25, 0.3) is 0 Å². The fourth-order valence-corrected chi connectivity index (χ4v) is 4.31. The van der Waals surface area contributed by atoms with Crippen molar-refractivity contribution in [3.8, 4) is 0 Å². The Labute approximate surface area is 154 Å². The number of amides is 1. The van der Waals surface area contributed by atoms with Gasteiger partial charge in [0.05, 0.1) is 18.2 Å². The van der Waals surface area contributed by atoms with Gasteiger partial charge < -0.3 is 9.88 Å². The molecule has 4 rings (SSSR count). The fraction of sp³-hybridized carbons (Fsp3) is 0.550. The van der Waals surface area contributed by atoms with Crippen molar-refractivity contribution in [1.29, 1.82) is 0 Å². The van der Waals surface area contributed by atoms with Crippen LogP contribution in [0.2, 0.25) is 0 Å². The van der Waals surface area contributed by atoms with Gasteiger partial charge in [0.1, 0.15) is 5.82 Å². The normalized spacial score (nSPS) is 20.9. The molecule has 0 spiro atoms. The lowest BCUT2D eigenvalue weighted by molar-refractivity contribution is -0.120. The van der Waals surface area contributed by atoms with E-state index in [0.717, 1.165) is 30.2 Å². The number of carbonyl (C=O) groups excluding carboxylic acids is 1. The molecule has 0 unspecified atom stereocenters. The molecule has 0 aromatic carbocycles. The molecule has 1 fully saturated rings. The van der Waals surface area contributed by atoms with Crippen molar-refractivity contribution < 1.29 is 4.79 Å². The van der Waals surface area contributed by atoms with E-state index in [9.17, 15) is 4.79 Å². The summed E-state index contributed by atoms with van der Waals surface area (Å²) in [5.41, 5.74) is 1.87. The molecule has 6 heteroatoms. The molecule has 1 atom stereocenters. The molecule has 1 aliphatic carbocycles. The molecule has 1 amide bonds. The fourth-order valence-electron chi connectivity index (χ4n) is 4.31. The van der Waals surface area contributed by atoms with Gasteiger partial charge in [-0.05, 0) is 31.4 Å². The van der Waals surface area contributed by atoms with E-state index in [-0.39, 0.29) is 5.91 Å². The van der Waals surface area contributed by atoms with Crippen LogP contribution in [0.3, 0.4) is 0 Å². The zero-order chi connectivity index (χ0) is 17.9. The number of nitrogens with one attached hydrogen (secondary N) is 1. The minimum atomic E-state index is 0.00426. The topological polar surface area (TPSA) is 63.1 Å². The monoisotopic (exact) mass is 353 g/mol. The van der Waals surface area contributed by atoms with Crippen LogP contribution in [0.15, 0.2) is 30.7 Å². The van der Waals surface area contributed by atoms with Crippen LogP contribution in [-0.2, 0) is 24.3 Å². The first-order valence-corrected chi connectivity index (χ1v) is 9.68. The summed E-state index contributed by atoms with van der Waals surface area (Å²) in [5.74, 6) is 1.11. The van der Waals surface area contributed by atoms with Gasteiger partial charge in [-0.2, -0.15) is 0 Å². The Bertz CT molecular complexity index is 751. The zero-order valence-electron chi connectivity index (χ0n) is 15.4. The van der Waals surface area contributed by atoms with Crippen LogP contribution >= 0.6 is 0 Å². The number of imidazole rings is 1. The average molecular weight is 353 g/mol. The maximum Gasteiger partial charge on any atom is 0.226 e. The number of nitrogens with zero attached hydrogens (tertiary/aromatic N) is 4. The molecule has 0 saturated heterocycles. The minimum absolute atomic E-state index is 0.00426. The average Bonchev–Trinajstić information content (AvgIpc) is 3.31. The van der Waals surface area contributed by atoms with Crippen molar-refractivity contribution in [2.45, 2.75) is 64.2 Å². The zero-order valence-corrected chi connectivity index (χ0v) is 15.4. The van der Waals surface area contributed by atoms with Gasteiger partial charge >= 0.3 is 0 Å². The second-order valence-corrected chi connectivity index (χ2v) is 7.45. The summed E-state index contributed by atoms with van der Waals surface area (Å²) in [6.45, 7) is 4.82. The van der Waals surface area contributed by atoms with Crippen LogP contribution in [-0.4, -0.2) is 37.9 Å². The van der Waals surface area contributed by atoms with Gasteiger partial charge in [0.15, 0.2) is 0 Å². The predicted molar refractivity (Wildman–Crippen MR) is 99.4 cm³/mol. The second-order valence-electron chi connectivity index (χ2n) is 7.45. The summed E-state index contributed by atoms with van der Waals surface area (Å²) in [6.07, 6.45) is 11.2. The molecule has 138 valence electrons. The van der Waals surface area contributed by atoms with Crippen LogP contribution < -0.4 is 5.32 Å². The van der Waals surface area contributed by atoms with E-state index >= 15 is 0 Å². The Morgan fingerprint density at radius 3 is 2.92 bits per heavy atom. The third-order valence-corrected chi connectivity index (χ3v) is 5.68. The van der Waals surface area contributed by atoms with E-state index in [4.69, 9.17) is 4.98 Å². The number of rotatable bonds is 5. The third-order valence-electron chi connectivity index (χ3n) is 5.68. The minimum Gasteiger partial charge on any atom is -0.352 e. The molecule has 2 aromatic heterocycles. The van der Waals surface area contributed by atoms with Gasteiger partial charge in [-0.25, -0.2) is 4.98 Å². The molecule has 1 N–H and O–H groups in total. The van der Waals surface area contributed by atoms with Crippen molar-refractivity contribution in [1.82, 2.24) is 24.8 Å². The molecule has 0 bridgehead atoms. The Morgan fingerprint density at radius 2 is 2.15 bits per heavy atom. The van der Waals surface area contributed by atoms with E-state index in [2.05, 4.69) is 32.9 Å². The number of carbonyl (C=O) groups is 1. The summed E-state index contributed by atoms with van der Waals surface area (Å²) in [7, 11) is 0.